The van der Waals surface area contributed by atoms with Crippen LogP contribution in [0.2, 0.25) is 5.02 Å². The third kappa shape index (κ3) is 7.97. The van der Waals surface area contributed by atoms with Crippen LogP contribution in [-0.2, 0) is 9.59 Å². The fourth-order valence-electron chi connectivity index (χ4n) is 2.68. The van der Waals surface area contributed by atoms with Gasteiger partial charge in [0.2, 0.25) is 0 Å². The van der Waals surface area contributed by atoms with E-state index >= 15 is 0 Å². The maximum Gasteiger partial charge on any atom is 0.262 e. The molecule has 0 aromatic heterocycles. The van der Waals surface area contributed by atoms with E-state index in [1.165, 1.54) is 17.3 Å². The van der Waals surface area contributed by atoms with E-state index in [0.29, 0.717) is 16.5 Å². The summed E-state index contributed by atoms with van der Waals surface area (Å²) in [7, 11) is 0. The number of rotatable bonds is 9. The molecule has 2 amide bonds. The monoisotopic (exact) mass is 481 g/mol. The Balaban J connectivity index is 1.42. The quantitative estimate of drug-likeness (QED) is 0.247. The zero-order valence-electron chi connectivity index (χ0n) is 18.2. The Morgan fingerprint density at radius 3 is 2.45 bits per heavy atom. The lowest BCUT2D eigenvalue weighted by Gasteiger charge is -2.09. The van der Waals surface area contributed by atoms with Crippen molar-refractivity contribution >= 4 is 47.1 Å². The van der Waals surface area contributed by atoms with Crippen molar-refractivity contribution in [2.45, 2.75) is 24.0 Å². The zero-order valence-corrected chi connectivity index (χ0v) is 19.8. The molecule has 170 valence electrons. The summed E-state index contributed by atoms with van der Waals surface area (Å²) in [5.41, 5.74) is 5.05. The number of halogens is 1. The van der Waals surface area contributed by atoms with Crippen LogP contribution in [0.5, 0.6) is 5.75 Å². The van der Waals surface area contributed by atoms with Crippen molar-refractivity contribution in [3.8, 4) is 5.75 Å². The largest absolute Gasteiger partial charge is 0.484 e. The van der Waals surface area contributed by atoms with E-state index < -0.39 is 0 Å². The summed E-state index contributed by atoms with van der Waals surface area (Å²) in [6.07, 6.45) is 1.55. The molecule has 0 unspecified atom stereocenters. The van der Waals surface area contributed by atoms with Gasteiger partial charge in [-0.05, 0) is 67.9 Å². The number of para-hydroxylation sites is 1. The van der Waals surface area contributed by atoms with E-state index in [4.69, 9.17) is 16.3 Å². The molecule has 3 aromatic carbocycles. The molecule has 2 N–H and O–H groups in total. The first-order valence-corrected chi connectivity index (χ1v) is 11.5. The Hall–Kier alpha value is -3.29. The van der Waals surface area contributed by atoms with Crippen LogP contribution < -0.4 is 15.5 Å². The van der Waals surface area contributed by atoms with Crippen molar-refractivity contribution in [1.82, 2.24) is 5.43 Å². The van der Waals surface area contributed by atoms with Crippen LogP contribution in [0, 0.1) is 6.92 Å². The topological polar surface area (TPSA) is 79.8 Å². The van der Waals surface area contributed by atoms with Gasteiger partial charge in [-0.2, -0.15) is 5.10 Å². The number of nitrogens with one attached hydrogen (secondary N) is 2. The molecule has 0 aliphatic carbocycles. The summed E-state index contributed by atoms with van der Waals surface area (Å²) < 4.78 is 5.50. The number of carbonyl (C=O) groups excluding carboxylic acids is 2. The van der Waals surface area contributed by atoms with Crippen molar-refractivity contribution < 1.29 is 14.3 Å². The Morgan fingerprint density at radius 1 is 1.06 bits per heavy atom. The fraction of sp³-hybridized carbons (Fsp3) is 0.160. The smallest absolute Gasteiger partial charge is 0.262 e. The van der Waals surface area contributed by atoms with E-state index in [1.807, 2.05) is 38.1 Å². The maximum atomic E-state index is 12.2. The number of aryl methyl sites for hydroxylation is 1. The van der Waals surface area contributed by atoms with E-state index in [2.05, 4.69) is 15.8 Å². The van der Waals surface area contributed by atoms with Crippen molar-refractivity contribution in [1.29, 1.82) is 0 Å². The predicted octanol–water partition coefficient (Wildman–Crippen LogP) is 5.30. The van der Waals surface area contributed by atoms with E-state index in [-0.39, 0.29) is 23.7 Å². The highest BCUT2D eigenvalue weighted by Gasteiger charge is 2.13. The third-order valence-electron chi connectivity index (χ3n) is 4.49. The number of benzene rings is 3. The number of nitrogens with zero attached hydrogens (tertiary/aromatic N) is 1. The minimum absolute atomic E-state index is 0.148. The van der Waals surface area contributed by atoms with Crippen LogP contribution in [0.3, 0.4) is 0 Å². The number of thioether (sulfide) groups is 1. The molecule has 0 saturated carbocycles. The molecule has 0 radical (unpaired) electrons. The minimum Gasteiger partial charge on any atom is -0.484 e. The molecule has 1 atom stereocenters. The van der Waals surface area contributed by atoms with E-state index in [1.54, 1.807) is 54.7 Å². The molecule has 0 aliphatic rings. The van der Waals surface area contributed by atoms with Crippen LogP contribution in [0.15, 0.2) is 82.8 Å². The summed E-state index contributed by atoms with van der Waals surface area (Å²) in [6.45, 7) is 3.71. The van der Waals surface area contributed by atoms with Gasteiger partial charge < -0.3 is 10.1 Å². The highest BCUT2D eigenvalue weighted by atomic mass is 35.5. The van der Waals surface area contributed by atoms with Gasteiger partial charge in [0.15, 0.2) is 6.61 Å². The second kappa shape index (κ2) is 12.1. The number of hydrogen-bond acceptors (Lipinski definition) is 5. The van der Waals surface area contributed by atoms with Crippen molar-refractivity contribution in [3.05, 3.63) is 88.9 Å². The number of hydrazone groups is 1. The number of ether oxygens (including phenoxy) is 1. The first-order chi connectivity index (χ1) is 15.9. The Morgan fingerprint density at radius 2 is 1.76 bits per heavy atom. The van der Waals surface area contributed by atoms with Crippen molar-refractivity contribution in [2.75, 3.05) is 11.9 Å². The first kappa shape index (κ1) is 24.4. The molecular formula is C25H24ClN3O3S. The molecule has 0 heterocycles. The molecule has 0 fully saturated rings. The first-order valence-electron chi connectivity index (χ1n) is 10.2. The maximum absolute atomic E-state index is 12.2. The van der Waals surface area contributed by atoms with Crippen LogP contribution in [0.1, 0.15) is 18.1 Å². The molecule has 33 heavy (non-hydrogen) atoms. The van der Waals surface area contributed by atoms with Gasteiger partial charge in [0, 0.05) is 4.90 Å². The molecule has 0 bridgehead atoms. The lowest BCUT2D eigenvalue weighted by atomic mass is 10.2. The Kier molecular flexibility index (Phi) is 8.92. The van der Waals surface area contributed by atoms with Gasteiger partial charge in [-0.15, -0.1) is 11.8 Å². The molecule has 8 heteroatoms. The summed E-state index contributed by atoms with van der Waals surface area (Å²) in [5, 5.41) is 6.90. The Labute approximate surface area is 202 Å². The lowest BCUT2D eigenvalue weighted by Crippen LogP contribution is -2.26. The van der Waals surface area contributed by atoms with Gasteiger partial charge in [-0.1, -0.05) is 41.4 Å². The molecule has 0 spiro atoms. The highest BCUT2D eigenvalue weighted by molar-refractivity contribution is 8.00. The number of hydrogen-bond donors (Lipinski definition) is 2. The fourth-order valence-corrected chi connectivity index (χ4v) is 3.73. The van der Waals surface area contributed by atoms with E-state index in [9.17, 15) is 9.59 Å². The minimum atomic E-state index is -0.311. The van der Waals surface area contributed by atoms with Crippen LogP contribution >= 0.6 is 23.4 Å². The SMILES string of the molecule is Cc1ccc(S[C@@H](C)C(=O)N/N=C\c2ccc(OCC(=O)Nc3ccccc3Cl)cc2)cc1. The zero-order chi connectivity index (χ0) is 23.6. The van der Waals surface area contributed by atoms with Crippen molar-refractivity contribution in [2.24, 2.45) is 5.10 Å². The van der Waals surface area contributed by atoms with Gasteiger partial charge in [0.1, 0.15) is 5.75 Å². The molecule has 3 rings (SSSR count). The molecule has 0 aliphatic heterocycles. The molecule has 6 nitrogen and oxygen atoms in total. The number of anilines is 1. The van der Waals surface area contributed by atoms with E-state index in [0.717, 1.165) is 10.5 Å². The average Bonchev–Trinajstić information content (AvgIpc) is 2.81. The van der Waals surface area contributed by atoms with Gasteiger partial charge in [0.25, 0.3) is 11.8 Å². The second-order valence-electron chi connectivity index (χ2n) is 7.19. The summed E-state index contributed by atoms with van der Waals surface area (Å²) in [6, 6.07) is 22.0. The molecule has 3 aromatic rings. The van der Waals surface area contributed by atoms with Crippen LogP contribution in [0.4, 0.5) is 5.69 Å². The standard InChI is InChI=1S/C25H24ClN3O3S/c1-17-7-13-21(14-8-17)33-18(2)25(31)29-27-15-19-9-11-20(12-10-19)32-16-24(30)28-23-6-4-3-5-22(23)26/h3-15,18H,16H2,1-2H3,(H,28,30)(H,29,31)/b27-15-/t18-/m0/s1. The Bertz CT molecular complexity index is 1120. The highest BCUT2D eigenvalue weighted by Crippen LogP contribution is 2.23. The lowest BCUT2D eigenvalue weighted by molar-refractivity contribution is -0.120. The molecular weight excluding hydrogens is 458 g/mol. The normalized spacial score (nSPS) is 11.7. The second-order valence-corrected chi connectivity index (χ2v) is 9.01. The number of amides is 2. The summed E-state index contributed by atoms with van der Waals surface area (Å²) in [5.74, 6) is 0.0454. The predicted molar refractivity (Wildman–Crippen MR) is 134 cm³/mol. The van der Waals surface area contributed by atoms with Gasteiger partial charge in [-0.25, -0.2) is 5.43 Å². The van der Waals surface area contributed by atoms with Gasteiger partial charge >= 0.3 is 0 Å². The summed E-state index contributed by atoms with van der Waals surface area (Å²) >= 11 is 7.50. The van der Waals surface area contributed by atoms with Crippen LogP contribution in [-0.4, -0.2) is 29.9 Å². The average molecular weight is 482 g/mol. The van der Waals surface area contributed by atoms with Gasteiger partial charge in [0.05, 0.1) is 22.2 Å². The van der Waals surface area contributed by atoms with Crippen LogP contribution in [0.25, 0.3) is 0 Å². The molecule has 0 saturated heterocycles. The number of carbonyl (C=O) groups is 2. The van der Waals surface area contributed by atoms with Crippen molar-refractivity contribution in [3.63, 3.8) is 0 Å². The van der Waals surface area contributed by atoms with Gasteiger partial charge in [-0.3, -0.25) is 9.59 Å². The third-order valence-corrected chi connectivity index (χ3v) is 5.93. The summed E-state index contributed by atoms with van der Waals surface area (Å²) in [4.78, 5) is 25.3.